The van der Waals surface area contributed by atoms with Gasteiger partial charge in [0, 0.05) is 30.0 Å². The maximum atomic E-state index is 11.6. The molecule has 0 spiro atoms. The van der Waals surface area contributed by atoms with Crippen LogP contribution in [-0.4, -0.2) is 23.3 Å². The van der Waals surface area contributed by atoms with Crippen LogP contribution >= 0.6 is 11.3 Å². The number of aromatic nitrogens is 1. The van der Waals surface area contributed by atoms with Gasteiger partial charge in [-0.3, -0.25) is 9.59 Å². The van der Waals surface area contributed by atoms with Crippen LogP contribution in [0.2, 0.25) is 0 Å². The SMILES string of the molecule is Cc1csc(CNC(=O)CCNC(=O)[C@@H]2C[C@@H]2C)n1. The lowest BCUT2D eigenvalue weighted by Crippen LogP contribution is -2.31. The van der Waals surface area contributed by atoms with E-state index >= 15 is 0 Å². The van der Waals surface area contributed by atoms with E-state index in [2.05, 4.69) is 22.5 Å². The number of aryl methyl sites for hydroxylation is 1. The summed E-state index contributed by atoms with van der Waals surface area (Å²) >= 11 is 1.54. The first-order valence-corrected chi connectivity index (χ1v) is 7.39. The summed E-state index contributed by atoms with van der Waals surface area (Å²) in [5, 5.41) is 8.45. The first kappa shape index (κ1) is 14.0. The number of amides is 2. The van der Waals surface area contributed by atoms with Gasteiger partial charge in [-0.2, -0.15) is 0 Å². The van der Waals surface area contributed by atoms with Crippen LogP contribution in [0.4, 0.5) is 0 Å². The van der Waals surface area contributed by atoms with E-state index in [0.717, 1.165) is 17.1 Å². The lowest BCUT2D eigenvalue weighted by molar-refractivity contribution is -0.123. The molecule has 0 aromatic carbocycles. The van der Waals surface area contributed by atoms with Crippen LogP contribution in [0, 0.1) is 18.8 Å². The van der Waals surface area contributed by atoms with Gasteiger partial charge < -0.3 is 10.6 Å². The molecule has 5 nitrogen and oxygen atoms in total. The molecule has 1 aromatic rings. The molecule has 1 fully saturated rings. The highest BCUT2D eigenvalue weighted by Gasteiger charge is 2.38. The first-order valence-electron chi connectivity index (χ1n) is 6.51. The molecular weight excluding hydrogens is 262 g/mol. The third-order valence-electron chi connectivity index (χ3n) is 3.20. The standard InChI is InChI=1S/C13H19N3O2S/c1-8-5-10(8)13(18)14-4-3-11(17)15-6-12-16-9(2)7-19-12/h7-8,10H,3-6H2,1-2H3,(H,14,18)(H,15,17)/t8-,10+/m0/s1. The Morgan fingerprint density at radius 3 is 2.79 bits per heavy atom. The summed E-state index contributed by atoms with van der Waals surface area (Å²) in [7, 11) is 0. The van der Waals surface area contributed by atoms with Crippen molar-refractivity contribution >= 4 is 23.2 Å². The molecule has 19 heavy (non-hydrogen) atoms. The Labute approximate surface area is 116 Å². The quantitative estimate of drug-likeness (QED) is 0.824. The molecule has 1 heterocycles. The second-order valence-corrected chi connectivity index (χ2v) is 5.96. The van der Waals surface area contributed by atoms with Crippen molar-refractivity contribution in [2.24, 2.45) is 11.8 Å². The van der Waals surface area contributed by atoms with Gasteiger partial charge in [-0.1, -0.05) is 6.92 Å². The molecule has 2 N–H and O–H groups in total. The van der Waals surface area contributed by atoms with Gasteiger partial charge in [0.1, 0.15) is 5.01 Å². The van der Waals surface area contributed by atoms with E-state index in [9.17, 15) is 9.59 Å². The van der Waals surface area contributed by atoms with E-state index < -0.39 is 0 Å². The maximum absolute atomic E-state index is 11.6. The molecule has 0 bridgehead atoms. The minimum Gasteiger partial charge on any atom is -0.355 e. The normalized spacial score (nSPS) is 20.9. The van der Waals surface area contributed by atoms with Gasteiger partial charge in [0.25, 0.3) is 0 Å². The van der Waals surface area contributed by atoms with Crippen LogP contribution in [0.25, 0.3) is 0 Å². The highest BCUT2D eigenvalue weighted by molar-refractivity contribution is 7.09. The zero-order valence-electron chi connectivity index (χ0n) is 11.2. The van der Waals surface area contributed by atoms with Gasteiger partial charge in [-0.15, -0.1) is 11.3 Å². The zero-order valence-corrected chi connectivity index (χ0v) is 12.0. The number of thiazole rings is 1. The average molecular weight is 281 g/mol. The van der Waals surface area contributed by atoms with Crippen LogP contribution in [0.1, 0.15) is 30.5 Å². The van der Waals surface area contributed by atoms with Crippen molar-refractivity contribution in [3.8, 4) is 0 Å². The largest absolute Gasteiger partial charge is 0.355 e. The topological polar surface area (TPSA) is 71.1 Å². The summed E-state index contributed by atoms with van der Waals surface area (Å²) in [5.41, 5.74) is 0.972. The van der Waals surface area contributed by atoms with Gasteiger partial charge in [0.2, 0.25) is 11.8 Å². The lowest BCUT2D eigenvalue weighted by atomic mass is 10.3. The van der Waals surface area contributed by atoms with Gasteiger partial charge in [0.05, 0.1) is 6.54 Å². The van der Waals surface area contributed by atoms with Crippen molar-refractivity contribution < 1.29 is 9.59 Å². The molecular formula is C13H19N3O2S. The number of hydrogen-bond donors (Lipinski definition) is 2. The Balaban J connectivity index is 1.58. The molecule has 0 aliphatic heterocycles. The summed E-state index contributed by atoms with van der Waals surface area (Å²) in [4.78, 5) is 27.4. The second kappa shape index (κ2) is 6.14. The van der Waals surface area contributed by atoms with Gasteiger partial charge in [-0.25, -0.2) is 4.98 Å². The summed E-state index contributed by atoms with van der Waals surface area (Å²) in [6.07, 6.45) is 1.29. The van der Waals surface area contributed by atoms with E-state index in [0.29, 0.717) is 25.4 Å². The molecule has 1 aromatic heterocycles. The highest BCUT2D eigenvalue weighted by Crippen LogP contribution is 2.37. The molecule has 6 heteroatoms. The predicted octanol–water partition coefficient (Wildman–Crippen LogP) is 1.23. The highest BCUT2D eigenvalue weighted by atomic mass is 32.1. The minimum absolute atomic E-state index is 0.0583. The second-order valence-electron chi connectivity index (χ2n) is 5.02. The Bertz CT molecular complexity index is 472. The molecule has 1 saturated carbocycles. The maximum Gasteiger partial charge on any atom is 0.223 e. The van der Waals surface area contributed by atoms with Crippen LogP contribution < -0.4 is 10.6 Å². The Hall–Kier alpha value is -1.43. The van der Waals surface area contributed by atoms with Crippen LogP contribution in [0.3, 0.4) is 0 Å². The fraction of sp³-hybridized carbons (Fsp3) is 0.615. The number of carbonyl (C=O) groups excluding carboxylic acids is 2. The molecule has 0 saturated heterocycles. The molecule has 2 rings (SSSR count). The van der Waals surface area contributed by atoms with Crippen molar-refractivity contribution in [1.29, 1.82) is 0 Å². The monoisotopic (exact) mass is 281 g/mol. The third-order valence-corrected chi connectivity index (χ3v) is 4.17. The fourth-order valence-electron chi connectivity index (χ4n) is 1.86. The molecule has 0 unspecified atom stereocenters. The number of carbonyl (C=O) groups is 2. The van der Waals surface area contributed by atoms with Crippen molar-refractivity contribution in [3.05, 3.63) is 16.1 Å². The van der Waals surface area contributed by atoms with Crippen LogP contribution in [0.5, 0.6) is 0 Å². The van der Waals surface area contributed by atoms with Gasteiger partial charge in [-0.05, 0) is 19.3 Å². The molecule has 2 atom stereocenters. The van der Waals surface area contributed by atoms with Crippen LogP contribution in [-0.2, 0) is 16.1 Å². The number of rotatable bonds is 6. The fourth-order valence-corrected chi connectivity index (χ4v) is 2.58. The molecule has 2 amide bonds. The van der Waals surface area contributed by atoms with Crippen molar-refractivity contribution in [1.82, 2.24) is 15.6 Å². The summed E-state index contributed by atoms with van der Waals surface area (Å²) in [5.74, 6) is 0.691. The molecule has 1 aliphatic carbocycles. The molecule has 104 valence electrons. The van der Waals surface area contributed by atoms with Crippen molar-refractivity contribution in [3.63, 3.8) is 0 Å². The average Bonchev–Trinajstić information content (AvgIpc) is 2.95. The van der Waals surface area contributed by atoms with E-state index in [-0.39, 0.29) is 17.7 Å². The van der Waals surface area contributed by atoms with Gasteiger partial charge >= 0.3 is 0 Å². The van der Waals surface area contributed by atoms with Crippen molar-refractivity contribution in [2.45, 2.75) is 33.2 Å². The van der Waals surface area contributed by atoms with Crippen molar-refractivity contribution in [2.75, 3.05) is 6.54 Å². The third kappa shape index (κ3) is 4.31. The Kier molecular flexibility index (Phi) is 4.52. The number of nitrogens with one attached hydrogen (secondary N) is 2. The van der Waals surface area contributed by atoms with Gasteiger partial charge in [0.15, 0.2) is 0 Å². The van der Waals surface area contributed by atoms with E-state index in [1.54, 1.807) is 0 Å². The predicted molar refractivity (Wildman–Crippen MR) is 73.6 cm³/mol. The first-order chi connectivity index (χ1) is 9.06. The summed E-state index contributed by atoms with van der Waals surface area (Å²) in [6, 6.07) is 0. The van der Waals surface area contributed by atoms with E-state index in [1.165, 1.54) is 11.3 Å². The number of hydrogen-bond acceptors (Lipinski definition) is 4. The minimum atomic E-state index is -0.0583. The zero-order chi connectivity index (χ0) is 13.8. The summed E-state index contributed by atoms with van der Waals surface area (Å²) < 4.78 is 0. The lowest BCUT2D eigenvalue weighted by Gasteiger charge is -2.05. The molecule has 0 radical (unpaired) electrons. The Morgan fingerprint density at radius 1 is 1.47 bits per heavy atom. The molecule has 1 aliphatic rings. The number of nitrogens with zero attached hydrogens (tertiary/aromatic N) is 1. The van der Waals surface area contributed by atoms with Crippen LogP contribution in [0.15, 0.2) is 5.38 Å². The Morgan fingerprint density at radius 2 is 2.21 bits per heavy atom. The van der Waals surface area contributed by atoms with E-state index in [1.807, 2.05) is 12.3 Å². The smallest absolute Gasteiger partial charge is 0.223 e. The summed E-state index contributed by atoms with van der Waals surface area (Å²) in [6.45, 7) is 4.86. The van der Waals surface area contributed by atoms with E-state index in [4.69, 9.17) is 0 Å².